The molecule has 1 N–H and O–H groups in total. The summed E-state index contributed by atoms with van der Waals surface area (Å²) in [6.45, 7) is 13.2. The zero-order chi connectivity index (χ0) is 27.0. The van der Waals surface area contributed by atoms with Crippen molar-refractivity contribution in [3.8, 4) is 0 Å². The highest BCUT2D eigenvalue weighted by Crippen LogP contribution is 2.88. The second kappa shape index (κ2) is 8.71. The van der Waals surface area contributed by atoms with Crippen LogP contribution in [-0.4, -0.2) is 36.2 Å². The van der Waals surface area contributed by atoms with Gasteiger partial charge in [0, 0.05) is 23.5 Å². The smallest absolute Gasteiger partial charge is 0.334 e. The van der Waals surface area contributed by atoms with Gasteiger partial charge in [-0.05, 0) is 104 Å². The number of hydrogen-bond acceptors (Lipinski definition) is 5. The van der Waals surface area contributed by atoms with Crippen LogP contribution in [0.25, 0.3) is 0 Å². The largest absolute Gasteiger partial charge is 0.478 e. The number of carboxylic acids is 1. The summed E-state index contributed by atoms with van der Waals surface area (Å²) in [5.41, 5.74) is 1.43. The third-order valence-electron chi connectivity index (χ3n) is 12.6. The van der Waals surface area contributed by atoms with Gasteiger partial charge in [0.05, 0.1) is 7.11 Å². The van der Waals surface area contributed by atoms with E-state index in [0.717, 1.165) is 44.9 Å². The number of allylic oxidation sites excluding steroid dienone is 1. The summed E-state index contributed by atoms with van der Waals surface area (Å²) < 4.78 is 11.0. The molecule has 37 heavy (non-hydrogen) atoms. The zero-order valence-electron chi connectivity index (χ0n) is 23.2. The molecule has 9 unspecified atom stereocenters. The summed E-state index contributed by atoms with van der Waals surface area (Å²) in [4.78, 5) is 36.1. The highest BCUT2D eigenvalue weighted by molar-refractivity contribution is 5.91. The van der Waals surface area contributed by atoms with Crippen LogP contribution in [0.1, 0.15) is 91.9 Å². The third-order valence-corrected chi connectivity index (χ3v) is 12.6. The fraction of sp³-hybridized carbons (Fsp3) is 0.774. The molecule has 9 atom stereocenters. The number of rotatable bonds is 8. The van der Waals surface area contributed by atoms with Crippen LogP contribution >= 0.6 is 0 Å². The highest BCUT2D eigenvalue weighted by Gasteiger charge is 2.83. The maximum absolute atomic E-state index is 12.7. The summed E-state index contributed by atoms with van der Waals surface area (Å²) in [5.74, 6) is 0.329. The van der Waals surface area contributed by atoms with Crippen molar-refractivity contribution in [2.45, 2.75) is 98.0 Å². The molecule has 0 amide bonds. The fourth-order valence-corrected chi connectivity index (χ4v) is 10.4. The maximum Gasteiger partial charge on any atom is 0.334 e. The number of esters is 2. The van der Waals surface area contributed by atoms with Crippen molar-refractivity contribution in [1.29, 1.82) is 0 Å². The monoisotopic (exact) mass is 512 g/mol. The Labute approximate surface area is 221 Å². The second-order valence-electron chi connectivity index (χ2n) is 13.5. The van der Waals surface area contributed by atoms with Crippen molar-refractivity contribution in [3.05, 3.63) is 23.8 Å². The van der Waals surface area contributed by atoms with Crippen molar-refractivity contribution in [2.24, 2.45) is 45.3 Å². The summed E-state index contributed by atoms with van der Waals surface area (Å²) in [5, 5.41) is 9.20. The Bertz CT molecular complexity index is 1060. The molecule has 5 aliphatic rings. The highest BCUT2D eigenvalue weighted by atomic mass is 16.6. The van der Waals surface area contributed by atoms with Gasteiger partial charge < -0.3 is 14.6 Å². The first-order valence-electron chi connectivity index (χ1n) is 14.2. The van der Waals surface area contributed by atoms with Crippen molar-refractivity contribution in [2.75, 3.05) is 7.11 Å². The maximum atomic E-state index is 12.7. The number of hydrogen-bond donors (Lipinski definition) is 1. The molecular weight excluding hydrogens is 468 g/mol. The fourth-order valence-electron chi connectivity index (χ4n) is 10.4. The third kappa shape index (κ3) is 3.52. The quantitative estimate of drug-likeness (QED) is 0.312. The molecule has 0 aromatic heterocycles. The van der Waals surface area contributed by atoms with E-state index in [4.69, 9.17) is 9.47 Å². The number of ether oxygens (including phenoxy) is 2. The van der Waals surface area contributed by atoms with Crippen LogP contribution in [0, 0.1) is 45.3 Å². The lowest BCUT2D eigenvalue weighted by molar-refractivity contribution is -0.158. The molecule has 204 valence electrons. The predicted molar refractivity (Wildman–Crippen MR) is 139 cm³/mol. The van der Waals surface area contributed by atoms with Gasteiger partial charge in [-0.2, -0.15) is 0 Å². The van der Waals surface area contributed by atoms with Gasteiger partial charge in [-0.25, -0.2) is 9.59 Å². The Morgan fingerprint density at radius 3 is 2.65 bits per heavy atom. The average molecular weight is 513 g/mol. The summed E-state index contributed by atoms with van der Waals surface area (Å²) in [7, 11) is 1.45. The lowest BCUT2D eigenvalue weighted by Crippen LogP contribution is -2.56. The van der Waals surface area contributed by atoms with Crippen molar-refractivity contribution < 1.29 is 29.0 Å². The van der Waals surface area contributed by atoms with Gasteiger partial charge in [-0.15, -0.1) is 0 Å². The number of aliphatic carboxylic acids is 1. The van der Waals surface area contributed by atoms with Crippen molar-refractivity contribution in [1.82, 2.24) is 0 Å². The molecule has 1 saturated heterocycles. The number of carbonyl (C=O) groups is 3. The minimum absolute atomic E-state index is 0.0225. The lowest BCUT2D eigenvalue weighted by Gasteiger charge is -2.61. The average Bonchev–Trinajstić information content (AvgIpc) is 3.31. The Kier molecular flexibility index (Phi) is 6.23. The molecule has 0 aromatic carbocycles. The van der Waals surface area contributed by atoms with E-state index in [-0.39, 0.29) is 45.6 Å². The predicted octanol–water partition coefficient (Wildman–Crippen LogP) is 6.10. The van der Waals surface area contributed by atoms with E-state index in [9.17, 15) is 19.5 Å². The van der Waals surface area contributed by atoms with Crippen LogP contribution in [0.2, 0.25) is 0 Å². The van der Waals surface area contributed by atoms with E-state index in [1.807, 2.05) is 6.08 Å². The van der Waals surface area contributed by atoms with Crippen molar-refractivity contribution in [3.63, 3.8) is 0 Å². The molecule has 4 saturated carbocycles. The first kappa shape index (κ1) is 26.5. The van der Waals surface area contributed by atoms with E-state index < -0.39 is 5.97 Å². The SMILES string of the molecule is C=C1C(=O)OC2CC3C4(C)CCC(C(C)CCC=C(C)C(=O)O)C4(C)CCC34CC4(CCC(=O)OC)C12. The summed E-state index contributed by atoms with van der Waals surface area (Å²) >= 11 is 0. The normalized spacial score (nSPS) is 44.7. The van der Waals surface area contributed by atoms with Crippen LogP contribution in [0.15, 0.2) is 23.8 Å². The molecule has 1 heterocycles. The molecule has 0 aromatic rings. The molecule has 1 spiro atoms. The van der Waals surface area contributed by atoms with Gasteiger partial charge in [-0.1, -0.05) is 33.4 Å². The van der Waals surface area contributed by atoms with E-state index in [1.54, 1.807) is 6.92 Å². The molecule has 0 bridgehead atoms. The van der Waals surface area contributed by atoms with Crippen LogP contribution in [0.4, 0.5) is 0 Å². The van der Waals surface area contributed by atoms with E-state index in [1.165, 1.54) is 20.0 Å². The van der Waals surface area contributed by atoms with Gasteiger partial charge in [0.15, 0.2) is 0 Å². The van der Waals surface area contributed by atoms with Gasteiger partial charge in [0.2, 0.25) is 0 Å². The van der Waals surface area contributed by atoms with E-state index >= 15 is 0 Å². The minimum Gasteiger partial charge on any atom is -0.478 e. The Balaban J connectivity index is 1.42. The number of carboxylic acid groups (broad SMARTS) is 1. The zero-order valence-corrected chi connectivity index (χ0v) is 23.2. The minimum atomic E-state index is -0.836. The van der Waals surface area contributed by atoms with Crippen LogP contribution < -0.4 is 0 Å². The summed E-state index contributed by atoms with van der Waals surface area (Å²) in [6.07, 6.45) is 11.3. The first-order valence-corrected chi connectivity index (χ1v) is 14.2. The van der Waals surface area contributed by atoms with Gasteiger partial charge >= 0.3 is 17.9 Å². The Hall–Kier alpha value is -2.11. The van der Waals surface area contributed by atoms with Gasteiger partial charge in [0.25, 0.3) is 0 Å². The summed E-state index contributed by atoms with van der Waals surface area (Å²) in [6, 6.07) is 0. The molecule has 6 heteroatoms. The van der Waals surface area contributed by atoms with Crippen LogP contribution in [0.3, 0.4) is 0 Å². The topological polar surface area (TPSA) is 89.9 Å². The molecule has 5 fully saturated rings. The van der Waals surface area contributed by atoms with E-state index in [0.29, 0.717) is 35.3 Å². The van der Waals surface area contributed by atoms with Gasteiger partial charge in [0.1, 0.15) is 6.10 Å². The number of fused-ring (bicyclic) bond motifs is 4. The van der Waals surface area contributed by atoms with Crippen LogP contribution in [-0.2, 0) is 23.9 Å². The van der Waals surface area contributed by atoms with Crippen LogP contribution in [0.5, 0.6) is 0 Å². The molecule has 4 aliphatic carbocycles. The molecule has 1 aliphatic heterocycles. The van der Waals surface area contributed by atoms with E-state index in [2.05, 4.69) is 27.4 Å². The Morgan fingerprint density at radius 2 is 1.97 bits per heavy atom. The first-order chi connectivity index (χ1) is 17.4. The van der Waals surface area contributed by atoms with Crippen molar-refractivity contribution >= 4 is 17.9 Å². The standard InChI is InChI=1S/C31H44O6/c1-18(8-7-9-19(2)26(33)34)21-10-12-29(5)23-16-22-25(20(3)27(35)37-22)31(13-11-24(32)36-6)17-30(23,31)15-14-28(21,29)4/h9,18,21-23,25H,3,7-8,10-17H2,1-2,4-6H3,(H,33,34). The van der Waals surface area contributed by atoms with Gasteiger partial charge in [-0.3, -0.25) is 4.79 Å². The number of methoxy groups -OCH3 is 1. The molecule has 5 rings (SSSR count). The molecular formula is C31H44O6. The number of carbonyl (C=O) groups excluding carboxylic acids is 2. The molecule has 6 nitrogen and oxygen atoms in total. The lowest BCUT2D eigenvalue weighted by atomic mass is 9.43. The molecule has 0 radical (unpaired) electrons. The Morgan fingerprint density at radius 1 is 1.24 bits per heavy atom. The second-order valence-corrected chi connectivity index (χ2v) is 13.5.